The first kappa shape index (κ1) is 13.1. The SMILES string of the molecule is O=C(CC1CCCc2ccccc21)c1sccc1Br. The van der Waals surface area contributed by atoms with Crippen LogP contribution in [0.4, 0.5) is 0 Å². The van der Waals surface area contributed by atoms with Crippen molar-refractivity contribution in [1.29, 1.82) is 0 Å². The van der Waals surface area contributed by atoms with Crippen molar-refractivity contribution in [3.05, 3.63) is 56.2 Å². The van der Waals surface area contributed by atoms with Crippen LogP contribution >= 0.6 is 27.3 Å². The molecule has 0 bridgehead atoms. The molecule has 1 atom stereocenters. The molecule has 0 radical (unpaired) electrons. The van der Waals surface area contributed by atoms with Gasteiger partial charge in [-0.3, -0.25) is 4.79 Å². The van der Waals surface area contributed by atoms with Crippen LogP contribution < -0.4 is 0 Å². The summed E-state index contributed by atoms with van der Waals surface area (Å²) in [7, 11) is 0. The minimum Gasteiger partial charge on any atom is -0.293 e. The largest absolute Gasteiger partial charge is 0.293 e. The first-order valence-corrected chi connectivity index (χ1v) is 8.27. The van der Waals surface area contributed by atoms with Gasteiger partial charge in [0.25, 0.3) is 0 Å². The minimum atomic E-state index is 0.267. The lowest BCUT2D eigenvalue weighted by Gasteiger charge is -2.24. The number of carbonyl (C=O) groups is 1. The molecule has 0 fully saturated rings. The van der Waals surface area contributed by atoms with Gasteiger partial charge in [-0.2, -0.15) is 0 Å². The van der Waals surface area contributed by atoms with E-state index in [1.807, 2.05) is 11.4 Å². The van der Waals surface area contributed by atoms with Crippen LogP contribution in [0.2, 0.25) is 0 Å². The summed E-state index contributed by atoms with van der Waals surface area (Å²) in [5, 5.41) is 1.96. The highest BCUT2D eigenvalue weighted by Gasteiger charge is 2.23. The van der Waals surface area contributed by atoms with Gasteiger partial charge in [0.15, 0.2) is 5.78 Å². The summed E-state index contributed by atoms with van der Waals surface area (Å²) in [6.07, 6.45) is 4.12. The van der Waals surface area contributed by atoms with Crippen molar-refractivity contribution in [1.82, 2.24) is 0 Å². The number of hydrogen-bond acceptors (Lipinski definition) is 2. The molecule has 1 nitrogen and oxygen atoms in total. The van der Waals surface area contributed by atoms with Crippen molar-refractivity contribution in [3.8, 4) is 0 Å². The Morgan fingerprint density at radius 1 is 1.32 bits per heavy atom. The molecular formula is C16H15BrOS. The van der Waals surface area contributed by atoms with E-state index < -0.39 is 0 Å². The number of thiophene rings is 1. The van der Waals surface area contributed by atoms with Crippen molar-refractivity contribution >= 4 is 33.0 Å². The number of rotatable bonds is 3. The summed E-state index contributed by atoms with van der Waals surface area (Å²) >= 11 is 4.98. The summed E-state index contributed by atoms with van der Waals surface area (Å²) in [6.45, 7) is 0. The summed E-state index contributed by atoms with van der Waals surface area (Å²) in [5.74, 6) is 0.662. The van der Waals surface area contributed by atoms with Crippen molar-refractivity contribution < 1.29 is 4.79 Å². The first-order chi connectivity index (χ1) is 9.25. The fourth-order valence-corrected chi connectivity index (χ4v) is 4.42. The highest BCUT2D eigenvalue weighted by Crippen LogP contribution is 2.36. The number of carbonyl (C=O) groups excluding carboxylic acids is 1. The van der Waals surface area contributed by atoms with Crippen molar-refractivity contribution in [3.63, 3.8) is 0 Å². The average Bonchev–Trinajstić information content (AvgIpc) is 2.85. The van der Waals surface area contributed by atoms with Gasteiger partial charge >= 0.3 is 0 Å². The predicted octanol–water partition coefficient (Wildman–Crippen LogP) is 5.20. The van der Waals surface area contributed by atoms with Gasteiger partial charge in [0.2, 0.25) is 0 Å². The van der Waals surface area contributed by atoms with Crippen molar-refractivity contribution in [2.24, 2.45) is 0 Å². The molecule has 1 aromatic heterocycles. The topological polar surface area (TPSA) is 17.1 Å². The Morgan fingerprint density at radius 2 is 2.16 bits per heavy atom. The van der Waals surface area contributed by atoms with Gasteiger partial charge in [0, 0.05) is 10.9 Å². The average molecular weight is 335 g/mol. The summed E-state index contributed by atoms with van der Waals surface area (Å²) < 4.78 is 0.937. The zero-order chi connectivity index (χ0) is 13.2. The maximum Gasteiger partial charge on any atom is 0.174 e. The molecule has 3 heteroatoms. The van der Waals surface area contributed by atoms with E-state index in [1.165, 1.54) is 28.9 Å². The smallest absolute Gasteiger partial charge is 0.174 e. The lowest BCUT2D eigenvalue weighted by Crippen LogP contribution is -2.13. The Balaban J connectivity index is 1.82. The Morgan fingerprint density at radius 3 is 2.95 bits per heavy atom. The second-order valence-corrected chi connectivity index (χ2v) is 6.78. The maximum absolute atomic E-state index is 12.4. The molecule has 2 aromatic rings. The molecule has 3 rings (SSSR count). The second-order valence-electron chi connectivity index (χ2n) is 5.01. The molecule has 1 aliphatic carbocycles. The van der Waals surface area contributed by atoms with E-state index in [2.05, 4.69) is 40.2 Å². The molecule has 1 aliphatic rings. The number of halogens is 1. The number of ketones is 1. The first-order valence-electron chi connectivity index (χ1n) is 6.59. The molecule has 0 N–H and O–H groups in total. The van der Waals surface area contributed by atoms with E-state index in [9.17, 15) is 4.79 Å². The highest BCUT2D eigenvalue weighted by atomic mass is 79.9. The van der Waals surface area contributed by atoms with E-state index in [1.54, 1.807) is 0 Å². The van der Waals surface area contributed by atoms with Crippen LogP contribution in [-0.2, 0) is 6.42 Å². The minimum absolute atomic E-state index is 0.267. The van der Waals surface area contributed by atoms with Crippen molar-refractivity contribution in [2.45, 2.75) is 31.6 Å². The predicted molar refractivity (Wildman–Crippen MR) is 83.1 cm³/mol. The molecule has 0 aliphatic heterocycles. The lowest BCUT2D eigenvalue weighted by molar-refractivity contribution is 0.0974. The number of aryl methyl sites for hydroxylation is 1. The van der Waals surface area contributed by atoms with Gasteiger partial charge in [-0.1, -0.05) is 24.3 Å². The second kappa shape index (κ2) is 5.59. The number of hydrogen-bond donors (Lipinski definition) is 0. The van der Waals surface area contributed by atoms with Gasteiger partial charge < -0.3 is 0 Å². The van der Waals surface area contributed by atoms with Crippen LogP contribution in [0.15, 0.2) is 40.2 Å². The third-order valence-electron chi connectivity index (χ3n) is 3.80. The van der Waals surface area contributed by atoms with Gasteiger partial charge in [-0.05, 0) is 63.7 Å². The van der Waals surface area contributed by atoms with E-state index >= 15 is 0 Å². The van der Waals surface area contributed by atoms with Crippen LogP contribution in [0.3, 0.4) is 0 Å². The molecule has 1 heterocycles. The molecule has 0 spiro atoms. The zero-order valence-corrected chi connectivity index (χ0v) is 13.0. The zero-order valence-electron chi connectivity index (χ0n) is 10.6. The van der Waals surface area contributed by atoms with Crippen LogP contribution in [-0.4, -0.2) is 5.78 Å². The summed E-state index contributed by atoms with van der Waals surface area (Å²) in [5.41, 5.74) is 2.81. The van der Waals surface area contributed by atoms with Crippen LogP contribution in [0.5, 0.6) is 0 Å². The standard InChI is InChI=1S/C16H15BrOS/c17-14-8-9-19-16(14)15(18)10-12-6-3-5-11-4-1-2-7-13(11)12/h1-2,4,7-9,12H,3,5-6,10H2. The monoisotopic (exact) mass is 334 g/mol. The Hall–Kier alpha value is -0.930. The van der Waals surface area contributed by atoms with E-state index in [-0.39, 0.29) is 5.78 Å². The van der Waals surface area contributed by atoms with Crippen LogP contribution in [0.25, 0.3) is 0 Å². The van der Waals surface area contributed by atoms with E-state index in [4.69, 9.17) is 0 Å². The van der Waals surface area contributed by atoms with Gasteiger partial charge in [0.1, 0.15) is 0 Å². The van der Waals surface area contributed by atoms with Gasteiger partial charge in [-0.25, -0.2) is 0 Å². The molecule has 1 unspecified atom stereocenters. The van der Waals surface area contributed by atoms with E-state index in [0.29, 0.717) is 12.3 Å². The molecule has 0 amide bonds. The molecule has 1 aromatic carbocycles. The number of Topliss-reactive ketones (excluding diaryl/α,β-unsaturated/α-hetero) is 1. The van der Waals surface area contributed by atoms with Crippen LogP contribution in [0.1, 0.15) is 46.0 Å². The molecule has 0 saturated heterocycles. The molecule has 98 valence electrons. The van der Waals surface area contributed by atoms with E-state index in [0.717, 1.165) is 22.2 Å². The third kappa shape index (κ3) is 2.67. The molecule has 0 saturated carbocycles. The number of benzene rings is 1. The summed E-state index contributed by atoms with van der Waals surface area (Å²) in [4.78, 5) is 13.2. The summed E-state index contributed by atoms with van der Waals surface area (Å²) in [6, 6.07) is 10.5. The highest BCUT2D eigenvalue weighted by molar-refractivity contribution is 9.10. The Kier molecular flexibility index (Phi) is 3.85. The Labute approximate surface area is 125 Å². The van der Waals surface area contributed by atoms with Crippen LogP contribution in [0, 0.1) is 0 Å². The Bertz CT molecular complexity index is 602. The number of fused-ring (bicyclic) bond motifs is 1. The normalized spacial score (nSPS) is 18.1. The fraction of sp³-hybridized carbons (Fsp3) is 0.312. The quantitative estimate of drug-likeness (QED) is 0.704. The fourth-order valence-electron chi connectivity index (χ4n) is 2.88. The molecule has 19 heavy (non-hydrogen) atoms. The third-order valence-corrected chi connectivity index (χ3v) is 5.67. The van der Waals surface area contributed by atoms with Gasteiger partial charge in [0.05, 0.1) is 4.88 Å². The van der Waals surface area contributed by atoms with Crippen molar-refractivity contribution in [2.75, 3.05) is 0 Å². The van der Waals surface area contributed by atoms with Gasteiger partial charge in [-0.15, -0.1) is 11.3 Å². The lowest BCUT2D eigenvalue weighted by atomic mass is 9.80. The maximum atomic E-state index is 12.4. The molecular weight excluding hydrogens is 320 g/mol.